The van der Waals surface area contributed by atoms with Crippen molar-refractivity contribution in [3.8, 4) is 23.0 Å². The first-order chi connectivity index (χ1) is 16.0. The standard InChI is InChI=1S/C24H22BrFN2O5/c1-30-20-9-8-16(12-21(20)31-2)24(29)28-27-13-15-10-18(25)23(22(11-15)32-3)33-14-17-6-4-5-7-19(17)26/h4-13H,14H2,1-3H3,(H,28,29)/b27-13+. The van der Waals surface area contributed by atoms with Gasteiger partial charge in [0, 0.05) is 11.1 Å². The molecule has 7 nitrogen and oxygen atoms in total. The first-order valence-corrected chi connectivity index (χ1v) is 10.5. The van der Waals surface area contributed by atoms with Gasteiger partial charge in [0.05, 0.1) is 32.0 Å². The fourth-order valence-electron chi connectivity index (χ4n) is 2.93. The van der Waals surface area contributed by atoms with E-state index in [0.29, 0.717) is 44.2 Å². The number of halogens is 2. The van der Waals surface area contributed by atoms with Gasteiger partial charge < -0.3 is 18.9 Å². The first-order valence-electron chi connectivity index (χ1n) is 9.76. The normalized spacial score (nSPS) is 10.7. The second-order valence-corrected chi connectivity index (χ2v) is 7.54. The van der Waals surface area contributed by atoms with E-state index in [2.05, 4.69) is 26.5 Å². The molecule has 3 rings (SSSR count). The van der Waals surface area contributed by atoms with Crippen LogP contribution in [0.5, 0.6) is 23.0 Å². The molecule has 3 aromatic carbocycles. The minimum Gasteiger partial charge on any atom is -0.493 e. The van der Waals surface area contributed by atoms with Gasteiger partial charge in [0.25, 0.3) is 5.91 Å². The van der Waals surface area contributed by atoms with Crippen LogP contribution >= 0.6 is 15.9 Å². The molecular formula is C24H22BrFN2O5. The van der Waals surface area contributed by atoms with E-state index in [-0.39, 0.29) is 12.4 Å². The number of carbonyl (C=O) groups excluding carboxylic acids is 1. The Morgan fingerprint density at radius 3 is 2.42 bits per heavy atom. The number of methoxy groups -OCH3 is 3. The van der Waals surface area contributed by atoms with Gasteiger partial charge in [-0.1, -0.05) is 18.2 Å². The third-order valence-corrected chi connectivity index (χ3v) is 5.20. The molecule has 0 spiro atoms. The zero-order valence-electron chi connectivity index (χ0n) is 18.2. The summed E-state index contributed by atoms with van der Waals surface area (Å²) in [4.78, 5) is 12.4. The predicted octanol–water partition coefficient (Wildman–Crippen LogP) is 4.96. The van der Waals surface area contributed by atoms with Crippen molar-refractivity contribution in [2.45, 2.75) is 6.61 Å². The lowest BCUT2D eigenvalue weighted by Crippen LogP contribution is -2.17. The lowest BCUT2D eigenvalue weighted by molar-refractivity contribution is 0.0954. The van der Waals surface area contributed by atoms with Gasteiger partial charge in [0.15, 0.2) is 23.0 Å². The van der Waals surface area contributed by atoms with Crippen molar-refractivity contribution in [2.24, 2.45) is 5.10 Å². The van der Waals surface area contributed by atoms with E-state index < -0.39 is 5.91 Å². The van der Waals surface area contributed by atoms with Crippen LogP contribution in [0.4, 0.5) is 4.39 Å². The molecule has 0 atom stereocenters. The van der Waals surface area contributed by atoms with Crippen LogP contribution in [0.3, 0.4) is 0 Å². The van der Waals surface area contributed by atoms with Gasteiger partial charge in [0.1, 0.15) is 12.4 Å². The maximum Gasteiger partial charge on any atom is 0.271 e. The van der Waals surface area contributed by atoms with Gasteiger partial charge in [-0.2, -0.15) is 5.10 Å². The van der Waals surface area contributed by atoms with E-state index in [1.807, 2.05) is 0 Å². The zero-order chi connectivity index (χ0) is 23.8. The lowest BCUT2D eigenvalue weighted by atomic mass is 10.2. The van der Waals surface area contributed by atoms with E-state index in [1.54, 1.807) is 48.5 Å². The molecule has 0 heterocycles. The van der Waals surface area contributed by atoms with Crippen molar-refractivity contribution in [1.82, 2.24) is 5.43 Å². The maximum atomic E-state index is 13.9. The first kappa shape index (κ1) is 24.1. The summed E-state index contributed by atoms with van der Waals surface area (Å²) in [5.74, 6) is 1.05. The molecule has 0 bridgehead atoms. The number of ether oxygens (including phenoxy) is 4. The maximum absolute atomic E-state index is 13.9. The quantitative estimate of drug-likeness (QED) is 0.321. The third kappa shape index (κ3) is 6.01. The zero-order valence-corrected chi connectivity index (χ0v) is 19.8. The van der Waals surface area contributed by atoms with Gasteiger partial charge >= 0.3 is 0 Å². The molecule has 1 amide bonds. The van der Waals surface area contributed by atoms with Gasteiger partial charge in [-0.3, -0.25) is 4.79 Å². The number of nitrogens with one attached hydrogen (secondary N) is 1. The van der Waals surface area contributed by atoms with E-state index >= 15 is 0 Å². The highest BCUT2D eigenvalue weighted by Crippen LogP contribution is 2.37. The second kappa shape index (κ2) is 11.3. The average molecular weight is 517 g/mol. The number of hydrogen-bond donors (Lipinski definition) is 1. The third-order valence-electron chi connectivity index (χ3n) is 4.61. The van der Waals surface area contributed by atoms with Crippen molar-refractivity contribution < 1.29 is 28.1 Å². The van der Waals surface area contributed by atoms with Crippen LogP contribution < -0.4 is 24.4 Å². The average Bonchev–Trinajstić information content (AvgIpc) is 2.83. The Morgan fingerprint density at radius 1 is 1.00 bits per heavy atom. The number of amides is 1. The molecule has 33 heavy (non-hydrogen) atoms. The molecule has 0 aliphatic rings. The Kier molecular flexibility index (Phi) is 8.26. The van der Waals surface area contributed by atoms with E-state index in [1.165, 1.54) is 33.6 Å². The molecular weight excluding hydrogens is 495 g/mol. The van der Waals surface area contributed by atoms with Crippen LogP contribution in [0.25, 0.3) is 0 Å². The lowest BCUT2D eigenvalue weighted by Gasteiger charge is -2.14. The SMILES string of the molecule is COc1ccc(C(=O)N/N=C/c2cc(Br)c(OCc3ccccc3F)c(OC)c2)cc1OC. The summed E-state index contributed by atoms with van der Waals surface area (Å²) >= 11 is 3.44. The topological polar surface area (TPSA) is 78.4 Å². The van der Waals surface area contributed by atoms with Gasteiger partial charge in [0.2, 0.25) is 0 Å². The molecule has 0 aromatic heterocycles. The number of hydrazone groups is 1. The summed E-state index contributed by atoms with van der Waals surface area (Å²) < 4.78 is 36.0. The van der Waals surface area contributed by atoms with Crippen molar-refractivity contribution in [1.29, 1.82) is 0 Å². The Morgan fingerprint density at radius 2 is 1.73 bits per heavy atom. The number of hydrogen-bond acceptors (Lipinski definition) is 6. The monoisotopic (exact) mass is 516 g/mol. The van der Waals surface area contributed by atoms with E-state index in [4.69, 9.17) is 18.9 Å². The summed E-state index contributed by atoms with van der Waals surface area (Å²) in [5.41, 5.74) is 3.90. The highest BCUT2D eigenvalue weighted by molar-refractivity contribution is 9.10. The summed E-state index contributed by atoms with van der Waals surface area (Å²) in [5, 5.41) is 4.00. The number of nitrogens with zero attached hydrogens (tertiary/aromatic N) is 1. The highest BCUT2D eigenvalue weighted by Gasteiger charge is 2.13. The largest absolute Gasteiger partial charge is 0.493 e. The summed E-state index contributed by atoms with van der Waals surface area (Å²) in [6, 6.07) is 14.6. The Bertz CT molecular complexity index is 1170. The molecule has 9 heteroatoms. The number of benzene rings is 3. The molecule has 0 fully saturated rings. The summed E-state index contributed by atoms with van der Waals surface area (Å²) in [6.07, 6.45) is 1.46. The molecule has 0 radical (unpaired) electrons. The van der Waals surface area contributed by atoms with Crippen molar-refractivity contribution in [2.75, 3.05) is 21.3 Å². The molecule has 0 aliphatic heterocycles. The minimum absolute atomic E-state index is 0.0381. The summed E-state index contributed by atoms with van der Waals surface area (Å²) in [7, 11) is 4.51. The molecule has 0 aliphatic carbocycles. The van der Waals surface area contributed by atoms with E-state index in [0.717, 1.165) is 0 Å². The molecule has 3 aromatic rings. The van der Waals surface area contributed by atoms with Gasteiger partial charge in [-0.25, -0.2) is 9.82 Å². The predicted molar refractivity (Wildman–Crippen MR) is 126 cm³/mol. The van der Waals surface area contributed by atoms with Gasteiger partial charge in [-0.05, 0) is 57.9 Å². The number of carbonyl (C=O) groups is 1. The van der Waals surface area contributed by atoms with Crippen molar-refractivity contribution in [3.63, 3.8) is 0 Å². The molecule has 1 N–H and O–H groups in total. The second-order valence-electron chi connectivity index (χ2n) is 6.68. The smallest absolute Gasteiger partial charge is 0.271 e. The Hall–Kier alpha value is -3.59. The Labute approximate surface area is 199 Å². The van der Waals surface area contributed by atoms with Crippen LogP contribution in [-0.4, -0.2) is 33.5 Å². The fourth-order valence-corrected chi connectivity index (χ4v) is 3.50. The molecule has 172 valence electrons. The minimum atomic E-state index is -0.414. The van der Waals surface area contributed by atoms with Crippen molar-refractivity contribution >= 4 is 28.1 Å². The highest BCUT2D eigenvalue weighted by atomic mass is 79.9. The van der Waals surface area contributed by atoms with Crippen molar-refractivity contribution in [3.05, 3.63) is 81.6 Å². The molecule has 0 saturated carbocycles. The van der Waals surface area contributed by atoms with E-state index in [9.17, 15) is 9.18 Å². The number of rotatable bonds is 9. The van der Waals surface area contributed by atoms with Gasteiger partial charge in [-0.15, -0.1) is 0 Å². The van der Waals surface area contributed by atoms with Crippen LogP contribution in [0.15, 0.2) is 64.2 Å². The Balaban J connectivity index is 1.70. The summed E-state index contributed by atoms with van der Waals surface area (Å²) in [6.45, 7) is 0.0381. The molecule has 0 saturated heterocycles. The van der Waals surface area contributed by atoms with Crippen LogP contribution in [0, 0.1) is 5.82 Å². The molecule has 0 unspecified atom stereocenters. The fraction of sp³-hybridized carbons (Fsp3) is 0.167. The van der Waals surface area contributed by atoms with Crippen LogP contribution in [0.1, 0.15) is 21.5 Å². The van der Waals surface area contributed by atoms with Crippen LogP contribution in [-0.2, 0) is 6.61 Å². The van der Waals surface area contributed by atoms with Crippen LogP contribution in [0.2, 0.25) is 0 Å².